The summed E-state index contributed by atoms with van der Waals surface area (Å²) in [6.45, 7) is -0.237. The first-order chi connectivity index (χ1) is 7.63. The lowest BCUT2D eigenvalue weighted by atomic mass is 10.1. The summed E-state index contributed by atoms with van der Waals surface area (Å²) in [5, 5.41) is 17.7. The van der Waals surface area contributed by atoms with Gasteiger partial charge in [0.05, 0.1) is 12.7 Å². The van der Waals surface area contributed by atoms with E-state index in [0.717, 1.165) is 5.56 Å². The van der Waals surface area contributed by atoms with Crippen LogP contribution in [0.2, 0.25) is 0 Å². The molecule has 0 aromatic heterocycles. The van der Waals surface area contributed by atoms with Gasteiger partial charge >= 0.3 is 0 Å². The Bertz CT molecular complexity index is 307. The third-order valence-corrected chi connectivity index (χ3v) is 3.33. The molecule has 0 bridgehead atoms. The van der Waals surface area contributed by atoms with Gasteiger partial charge in [-0.1, -0.05) is 12.1 Å². The second kappa shape index (κ2) is 6.85. The second-order valence-electron chi connectivity index (χ2n) is 3.53. The Kier molecular flexibility index (Phi) is 5.76. The van der Waals surface area contributed by atoms with Crippen LogP contribution >= 0.6 is 11.8 Å². The minimum atomic E-state index is -0.703. The number of aliphatic hydroxyl groups excluding tert-OH is 2. The fourth-order valence-electron chi connectivity index (χ4n) is 1.19. The highest BCUT2D eigenvalue weighted by molar-refractivity contribution is 7.99. The Labute approximate surface area is 98.5 Å². The number of hydrogen-bond acceptors (Lipinski definition) is 4. The third kappa shape index (κ3) is 4.49. The summed E-state index contributed by atoms with van der Waals surface area (Å²) in [4.78, 5) is 0. The van der Waals surface area contributed by atoms with Gasteiger partial charge in [0, 0.05) is 17.5 Å². The van der Waals surface area contributed by atoms with Crippen LogP contribution < -0.4 is 5.73 Å². The Hall–Kier alpha value is -0.620. The first-order valence-electron chi connectivity index (χ1n) is 5.01. The zero-order valence-electron chi connectivity index (χ0n) is 8.84. The van der Waals surface area contributed by atoms with Gasteiger partial charge in [0.1, 0.15) is 5.82 Å². The lowest BCUT2D eigenvalue weighted by Crippen LogP contribution is -2.18. The number of thioether (sulfide) groups is 1. The van der Waals surface area contributed by atoms with Crippen molar-refractivity contribution < 1.29 is 14.6 Å². The lowest BCUT2D eigenvalue weighted by molar-refractivity contribution is 0.113. The van der Waals surface area contributed by atoms with Gasteiger partial charge in [0.25, 0.3) is 0 Å². The predicted octanol–water partition coefficient (Wildman–Crippen LogP) is 0.912. The van der Waals surface area contributed by atoms with E-state index in [4.69, 9.17) is 15.9 Å². The van der Waals surface area contributed by atoms with E-state index in [1.807, 2.05) is 0 Å². The van der Waals surface area contributed by atoms with Crippen molar-refractivity contribution in [3.8, 4) is 0 Å². The summed E-state index contributed by atoms with van der Waals surface area (Å²) in [5.74, 6) is 0.799. The topological polar surface area (TPSA) is 66.5 Å². The molecule has 0 aliphatic heterocycles. The fourth-order valence-corrected chi connectivity index (χ4v) is 2.15. The second-order valence-corrected chi connectivity index (χ2v) is 4.61. The van der Waals surface area contributed by atoms with Crippen LogP contribution in [0.15, 0.2) is 24.3 Å². The summed E-state index contributed by atoms with van der Waals surface area (Å²) in [6.07, 6.45) is -0.703. The SMILES string of the molecule is NC(CSCC(O)CO)c1ccc(F)cc1. The number of aliphatic hydroxyl groups is 2. The molecule has 0 aliphatic rings. The third-order valence-electron chi connectivity index (χ3n) is 2.12. The van der Waals surface area contributed by atoms with Gasteiger partial charge in [-0.15, -0.1) is 0 Å². The lowest BCUT2D eigenvalue weighted by Gasteiger charge is -2.12. The molecule has 0 amide bonds. The van der Waals surface area contributed by atoms with Gasteiger partial charge in [-0.05, 0) is 17.7 Å². The highest BCUT2D eigenvalue weighted by atomic mass is 32.2. The molecule has 1 aromatic rings. The Morgan fingerprint density at radius 2 is 1.88 bits per heavy atom. The van der Waals surface area contributed by atoms with Crippen molar-refractivity contribution in [2.75, 3.05) is 18.1 Å². The number of benzene rings is 1. The van der Waals surface area contributed by atoms with E-state index in [1.165, 1.54) is 23.9 Å². The van der Waals surface area contributed by atoms with E-state index in [9.17, 15) is 4.39 Å². The molecule has 0 spiro atoms. The van der Waals surface area contributed by atoms with Crippen LogP contribution in [-0.4, -0.2) is 34.4 Å². The average molecular weight is 245 g/mol. The molecule has 2 unspecified atom stereocenters. The van der Waals surface area contributed by atoms with E-state index in [1.54, 1.807) is 12.1 Å². The molecule has 4 N–H and O–H groups in total. The van der Waals surface area contributed by atoms with Crippen molar-refractivity contribution in [3.63, 3.8) is 0 Å². The zero-order valence-corrected chi connectivity index (χ0v) is 9.66. The number of hydrogen-bond donors (Lipinski definition) is 3. The maximum Gasteiger partial charge on any atom is 0.123 e. The molecule has 1 aromatic carbocycles. The molecule has 3 nitrogen and oxygen atoms in total. The van der Waals surface area contributed by atoms with Crippen molar-refractivity contribution in [3.05, 3.63) is 35.6 Å². The average Bonchev–Trinajstić information content (AvgIpc) is 2.29. The van der Waals surface area contributed by atoms with Gasteiger partial charge in [-0.3, -0.25) is 0 Å². The summed E-state index contributed by atoms with van der Waals surface area (Å²) in [7, 11) is 0. The van der Waals surface area contributed by atoms with Gasteiger partial charge < -0.3 is 15.9 Å². The van der Waals surface area contributed by atoms with Crippen LogP contribution in [0.3, 0.4) is 0 Å². The Balaban J connectivity index is 2.35. The molecule has 0 saturated heterocycles. The van der Waals surface area contributed by atoms with E-state index < -0.39 is 6.10 Å². The number of halogens is 1. The maximum absolute atomic E-state index is 12.6. The molecule has 90 valence electrons. The molecule has 16 heavy (non-hydrogen) atoms. The highest BCUT2D eigenvalue weighted by Gasteiger charge is 2.08. The summed E-state index contributed by atoms with van der Waals surface area (Å²) < 4.78 is 12.6. The van der Waals surface area contributed by atoms with Crippen molar-refractivity contribution in [2.45, 2.75) is 12.1 Å². The first kappa shape index (κ1) is 13.4. The Morgan fingerprint density at radius 1 is 1.25 bits per heavy atom. The quantitative estimate of drug-likeness (QED) is 0.697. The molecule has 0 aliphatic carbocycles. The van der Waals surface area contributed by atoms with E-state index in [0.29, 0.717) is 11.5 Å². The normalized spacial score (nSPS) is 14.8. The Morgan fingerprint density at radius 3 is 2.44 bits per heavy atom. The van der Waals surface area contributed by atoms with Crippen molar-refractivity contribution in [2.24, 2.45) is 5.73 Å². The van der Waals surface area contributed by atoms with Gasteiger partial charge in [0.2, 0.25) is 0 Å². The maximum atomic E-state index is 12.6. The van der Waals surface area contributed by atoms with Gasteiger partial charge in [-0.25, -0.2) is 4.39 Å². The zero-order chi connectivity index (χ0) is 12.0. The molecule has 1 rings (SSSR count). The van der Waals surface area contributed by atoms with Crippen LogP contribution in [-0.2, 0) is 0 Å². The van der Waals surface area contributed by atoms with E-state index >= 15 is 0 Å². The number of nitrogens with two attached hydrogens (primary N) is 1. The molecule has 0 saturated carbocycles. The standard InChI is InChI=1S/C11H16FNO2S/c12-9-3-1-8(2-4-9)11(13)7-16-6-10(15)5-14/h1-4,10-11,14-15H,5-7,13H2. The monoisotopic (exact) mass is 245 g/mol. The van der Waals surface area contributed by atoms with Crippen LogP contribution in [0.5, 0.6) is 0 Å². The largest absolute Gasteiger partial charge is 0.394 e. The molecule has 0 fully saturated rings. The van der Waals surface area contributed by atoms with Crippen LogP contribution in [0, 0.1) is 5.82 Å². The summed E-state index contributed by atoms with van der Waals surface area (Å²) >= 11 is 1.46. The minimum Gasteiger partial charge on any atom is -0.394 e. The van der Waals surface area contributed by atoms with Crippen molar-refractivity contribution >= 4 is 11.8 Å². The van der Waals surface area contributed by atoms with Crippen LogP contribution in [0.25, 0.3) is 0 Å². The van der Waals surface area contributed by atoms with Gasteiger partial charge in [-0.2, -0.15) is 11.8 Å². The molecule has 5 heteroatoms. The summed E-state index contributed by atoms with van der Waals surface area (Å²) in [5.41, 5.74) is 6.75. The summed E-state index contributed by atoms with van der Waals surface area (Å²) in [6, 6.07) is 5.88. The van der Waals surface area contributed by atoms with Crippen molar-refractivity contribution in [1.82, 2.24) is 0 Å². The van der Waals surface area contributed by atoms with E-state index in [-0.39, 0.29) is 18.5 Å². The minimum absolute atomic E-state index is 0.184. The van der Waals surface area contributed by atoms with E-state index in [2.05, 4.69) is 0 Å². The predicted molar refractivity (Wildman–Crippen MR) is 63.7 cm³/mol. The molecule has 2 atom stereocenters. The molecular weight excluding hydrogens is 229 g/mol. The smallest absolute Gasteiger partial charge is 0.123 e. The van der Waals surface area contributed by atoms with Crippen LogP contribution in [0.1, 0.15) is 11.6 Å². The first-order valence-corrected chi connectivity index (χ1v) is 6.16. The van der Waals surface area contributed by atoms with Crippen LogP contribution in [0.4, 0.5) is 4.39 Å². The number of rotatable bonds is 6. The van der Waals surface area contributed by atoms with Crippen molar-refractivity contribution in [1.29, 1.82) is 0 Å². The molecular formula is C11H16FNO2S. The molecule has 0 heterocycles. The molecule has 0 radical (unpaired) electrons. The fraction of sp³-hybridized carbons (Fsp3) is 0.455. The van der Waals surface area contributed by atoms with Gasteiger partial charge in [0.15, 0.2) is 0 Å². The highest BCUT2D eigenvalue weighted by Crippen LogP contribution is 2.16.